The molecule has 1 saturated carbocycles. The molecule has 0 aliphatic heterocycles. The third-order valence-electron chi connectivity index (χ3n) is 3.92. The van der Waals surface area contributed by atoms with Gasteiger partial charge in [-0.05, 0) is 32.6 Å². The Labute approximate surface area is 118 Å². The first kappa shape index (κ1) is 16.3. The molecule has 1 aliphatic carbocycles. The average molecular weight is 266 g/mol. The van der Waals surface area contributed by atoms with E-state index in [1.54, 1.807) is 6.92 Å². The number of carbonyl (C=O) groups excluding carboxylic acids is 1. The van der Waals surface area contributed by atoms with E-state index in [0.29, 0.717) is 5.57 Å². The molecule has 0 heterocycles. The van der Waals surface area contributed by atoms with Crippen LogP contribution < -0.4 is 0 Å². The minimum atomic E-state index is -0.214. The summed E-state index contributed by atoms with van der Waals surface area (Å²) in [5.41, 5.74) is 0.517. The molecule has 2 nitrogen and oxygen atoms in total. The van der Waals surface area contributed by atoms with Gasteiger partial charge in [-0.1, -0.05) is 57.9 Å². The zero-order valence-corrected chi connectivity index (χ0v) is 12.6. The number of hydrogen-bond donors (Lipinski definition) is 0. The maximum atomic E-state index is 11.6. The summed E-state index contributed by atoms with van der Waals surface area (Å²) >= 11 is 0. The normalized spacial score (nSPS) is 20.7. The Bertz CT molecular complexity index is 256. The van der Waals surface area contributed by atoms with Gasteiger partial charge in [-0.3, -0.25) is 0 Å². The molecule has 1 aliphatic rings. The smallest absolute Gasteiger partial charge is 0.333 e. The largest absolute Gasteiger partial charge is 0.459 e. The van der Waals surface area contributed by atoms with Gasteiger partial charge < -0.3 is 4.74 Å². The lowest BCUT2D eigenvalue weighted by Crippen LogP contribution is -2.18. The summed E-state index contributed by atoms with van der Waals surface area (Å²) in [6.07, 6.45) is 15.3. The molecule has 2 heteroatoms. The Morgan fingerprint density at radius 1 is 0.842 bits per heavy atom. The summed E-state index contributed by atoms with van der Waals surface area (Å²) in [5, 5.41) is 0. The molecular formula is C17H30O2. The molecule has 0 aromatic carbocycles. The predicted molar refractivity (Wildman–Crippen MR) is 80.1 cm³/mol. The van der Waals surface area contributed by atoms with E-state index >= 15 is 0 Å². The Kier molecular flexibility index (Phi) is 8.61. The molecule has 19 heavy (non-hydrogen) atoms. The second-order valence-electron chi connectivity index (χ2n) is 5.92. The van der Waals surface area contributed by atoms with Crippen LogP contribution in [0.2, 0.25) is 0 Å². The predicted octanol–water partition coefficient (Wildman–Crippen LogP) is 5.17. The fourth-order valence-electron chi connectivity index (χ4n) is 2.67. The molecule has 0 unspecified atom stereocenters. The summed E-state index contributed by atoms with van der Waals surface area (Å²) in [6, 6.07) is 0. The van der Waals surface area contributed by atoms with Crippen molar-refractivity contribution in [1.29, 1.82) is 0 Å². The highest BCUT2D eigenvalue weighted by atomic mass is 16.5. The van der Waals surface area contributed by atoms with E-state index < -0.39 is 0 Å². The topological polar surface area (TPSA) is 26.3 Å². The van der Waals surface area contributed by atoms with Crippen LogP contribution in [0.4, 0.5) is 0 Å². The molecular weight excluding hydrogens is 236 g/mol. The standard InChI is InChI=1S/C17H30O2/c1-15(2)17(18)19-16-13-11-9-7-5-3-4-6-8-10-12-14-16/h16H,1,3-14H2,2H3. The quantitative estimate of drug-likeness (QED) is 0.509. The summed E-state index contributed by atoms with van der Waals surface area (Å²) in [5.74, 6) is -0.214. The summed E-state index contributed by atoms with van der Waals surface area (Å²) in [6.45, 7) is 5.39. The van der Waals surface area contributed by atoms with Crippen molar-refractivity contribution >= 4 is 5.97 Å². The molecule has 1 fully saturated rings. The van der Waals surface area contributed by atoms with Gasteiger partial charge in [-0.2, -0.15) is 0 Å². The molecule has 0 spiro atoms. The molecule has 0 bridgehead atoms. The number of rotatable bonds is 2. The first-order chi connectivity index (χ1) is 9.20. The van der Waals surface area contributed by atoms with Crippen molar-refractivity contribution in [1.82, 2.24) is 0 Å². The van der Waals surface area contributed by atoms with Crippen LogP contribution >= 0.6 is 0 Å². The van der Waals surface area contributed by atoms with Gasteiger partial charge in [0.25, 0.3) is 0 Å². The van der Waals surface area contributed by atoms with Crippen molar-refractivity contribution in [3.63, 3.8) is 0 Å². The highest BCUT2D eigenvalue weighted by Gasteiger charge is 2.14. The lowest BCUT2D eigenvalue weighted by Gasteiger charge is -2.18. The van der Waals surface area contributed by atoms with E-state index in [2.05, 4.69) is 6.58 Å². The van der Waals surface area contributed by atoms with Crippen LogP contribution in [0.5, 0.6) is 0 Å². The molecule has 0 saturated heterocycles. The number of carbonyl (C=O) groups is 1. The Hall–Kier alpha value is -0.790. The Balaban J connectivity index is 2.37. The molecule has 1 rings (SSSR count). The maximum Gasteiger partial charge on any atom is 0.333 e. The Morgan fingerprint density at radius 2 is 1.21 bits per heavy atom. The fraction of sp³-hybridized carbons (Fsp3) is 0.824. The first-order valence-electron chi connectivity index (χ1n) is 8.06. The summed E-state index contributed by atoms with van der Waals surface area (Å²) in [7, 11) is 0. The van der Waals surface area contributed by atoms with Crippen LogP contribution in [0.15, 0.2) is 12.2 Å². The van der Waals surface area contributed by atoms with Crippen molar-refractivity contribution in [2.75, 3.05) is 0 Å². The molecule has 0 atom stereocenters. The van der Waals surface area contributed by atoms with Gasteiger partial charge in [0.2, 0.25) is 0 Å². The minimum absolute atomic E-state index is 0.116. The highest BCUT2D eigenvalue weighted by molar-refractivity contribution is 5.87. The van der Waals surface area contributed by atoms with Gasteiger partial charge in [0, 0.05) is 5.57 Å². The van der Waals surface area contributed by atoms with Crippen molar-refractivity contribution in [3.05, 3.63) is 12.2 Å². The van der Waals surface area contributed by atoms with Crippen LogP contribution in [0.1, 0.15) is 84.0 Å². The molecule has 0 radical (unpaired) electrons. The maximum absolute atomic E-state index is 11.6. The van der Waals surface area contributed by atoms with Crippen LogP contribution in [0.25, 0.3) is 0 Å². The third-order valence-corrected chi connectivity index (χ3v) is 3.92. The van der Waals surface area contributed by atoms with Gasteiger partial charge in [0.1, 0.15) is 6.10 Å². The van der Waals surface area contributed by atoms with Gasteiger partial charge >= 0.3 is 5.97 Å². The molecule has 0 aromatic heterocycles. The second-order valence-corrected chi connectivity index (χ2v) is 5.92. The first-order valence-corrected chi connectivity index (χ1v) is 8.06. The van der Waals surface area contributed by atoms with Gasteiger partial charge in [0.15, 0.2) is 0 Å². The molecule has 0 amide bonds. The summed E-state index contributed by atoms with van der Waals surface area (Å²) < 4.78 is 5.55. The Morgan fingerprint density at radius 3 is 1.58 bits per heavy atom. The van der Waals surface area contributed by atoms with Gasteiger partial charge in [-0.25, -0.2) is 4.79 Å². The monoisotopic (exact) mass is 266 g/mol. The van der Waals surface area contributed by atoms with Crippen molar-refractivity contribution in [2.24, 2.45) is 0 Å². The van der Waals surface area contributed by atoms with E-state index in [1.165, 1.54) is 64.2 Å². The third kappa shape index (κ3) is 8.07. The molecule has 0 N–H and O–H groups in total. The second kappa shape index (κ2) is 10.1. The zero-order chi connectivity index (χ0) is 13.9. The lowest BCUT2D eigenvalue weighted by molar-refractivity contribution is -0.145. The van der Waals surface area contributed by atoms with Crippen molar-refractivity contribution < 1.29 is 9.53 Å². The van der Waals surface area contributed by atoms with Crippen molar-refractivity contribution in [2.45, 2.75) is 90.1 Å². The summed E-state index contributed by atoms with van der Waals surface area (Å²) in [4.78, 5) is 11.6. The van der Waals surface area contributed by atoms with Gasteiger partial charge in [-0.15, -0.1) is 0 Å². The van der Waals surface area contributed by atoms with E-state index in [4.69, 9.17) is 4.74 Å². The number of esters is 1. The van der Waals surface area contributed by atoms with E-state index in [9.17, 15) is 4.79 Å². The van der Waals surface area contributed by atoms with Crippen LogP contribution in [0.3, 0.4) is 0 Å². The zero-order valence-electron chi connectivity index (χ0n) is 12.6. The van der Waals surface area contributed by atoms with Crippen LogP contribution in [0, 0.1) is 0 Å². The fourth-order valence-corrected chi connectivity index (χ4v) is 2.67. The number of hydrogen-bond acceptors (Lipinski definition) is 2. The van der Waals surface area contributed by atoms with E-state index in [1.807, 2.05) is 0 Å². The molecule has 0 aromatic rings. The van der Waals surface area contributed by atoms with Crippen LogP contribution in [-0.2, 0) is 9.53 Å². The van der Waals surface area contributed by atoms with E-state index in [0.717, 1.165) is 12.8 Å². The molecule has 110 valence electrons. The lowest BCUT2D eigenvalue weighted by atomic mass is 10.0. The number of ether oxygens (including phenoxy) is 1. The highest BCUT2D eigenvalue weighted by Crippen LogP contribution is 2.19. The minimum Gasteiger partial charge on any atom is -0.459 e. The van der Waals surface area contributed by atoms with E-state index in [-0.39, 0.29) is 12.1 Å². The van der Waals surface area contributed by atoms with Crippen LogP contribution in [-0.4, -0.2) is 12.1 Å². The van der Waals surface area contributed by atoms with Gasteiger partial charge in [0.05, 0.1) is 0 Å². The average Bonchev–Trinajstić information content (AvgIpc) is 2.40. The SMILES string of the molecule is C=C(C)C(=O)OC1CCCCCCCCCCCC1. The van der Waals surface area contributed by atoms with Crippen molar-refractivity contribution in [3.8, 4) is 0 Å².